The van der Waals surface area contributed by atoms with Gasteiger partial charge in [0.2, 0.25) is 0 Å². The van der Waals surface area contributed by atoms with E-state index in [1.165, 1.54) is 12.8 Å². The molecule has 0 saturated heterocycles. The number of hydrogen-bond acceptors (Lipinski definition) is 4. The lowest BCUT2D eigenvalue weighted by molar-refractivity contribution is 0.102. The Hall–Kier alpha value is -3.48. The largest absolute Gasteiger partial charge is 0.305 e. The normalized spacial score (nSPS) is 16.5. The van der Waals surface area contributed by atoms with Crippen LogP contribution in [0.2, 0.25) is 0 Å². The lowest BCUT2D eigenvalue weighted by Crippen LogP contribution is -2.15. The number of anilines is 1. The van der Waals surface area contributed by atoms with Crippen LogP contribution < -0.4 is 5.32 Å². The minimum absolute atomic E-state index is 0.156. The summed E-state index contributed by atoms with van der Waals surface area (Å²) in [6.45, 7) is 4.00. The average Bonchev–Trinajstić information content (AvgIpc) is 3.25. The van der Waals surface area contributed by atoms with Crippen molar-refractivity contribution in [3.8, 4) is 5.69 Å². The van der Waals surface area contributed by atoms with Gasteiger partial charge in [-0.3, -0.25) is 9.48 Å². The van der Waals surface area contributed by atoms with Gasteiger partial charge in [-0.15, -0.1) is 0 Å². The number of carbonyl (C=O) groups is 1. The van der Waals surface area contributed by atoms with Crippen molar-refractivity contribution in [3.05, 3.63) is 65.1 Å². The molecule has 0 bridgehead atoms. The zero-order valence-electron chi connectivity index (χ0n) is 19.1. The van der Waals surface area contributed by atoms with Crippen LogP contribution >= 0.6 is 0 Å². The van der Waals surface area contributed by atoms with Crippen LogP contribution in [0.15, 0.2) is 42.5 Å². The molecule has 6 rings (SSSR count). The highest BCUT2D eigenvalue weighted by Crippen LogP contribution is 2.41. The number of nitrogens with zero attached hydrogens (tertiary/aromatic N) is 5. The number of hydrogen-bond donors (Lipinski definition) is 1. The van der Waals surface area contributed by atoms with Crippen LogP contribution in [0.5, 0.6) is 0 Å². The Morgan fingerprint density at radius 2 is 1.76 bits per heavy atom. The number of amides is 1. The smallest absolute Gasteiger partial charge is 0.257 e. The predicted molar refractivity (Wildman–Crippen MR) is 128 cm³/mol. The van der Waals surface area contributed by atoms with E-state index in [0.29, 0.717) is 23.3 Å². The molecule has 3 heterocycles. The van der Waals surface area contributed by atoms with Gasteiger partial charge in [0, 0.05) is 23.4 Å². The maximum Gasteiger partial charge on any atom is 0.257 e. The number of rotatable bonds is 5. The molecule has 1 N–H and O–H groups in total. The summed E-state index contributed by atoms with van der Waals surface area (Å²) in [5, 5.41) is 13.3. The quantitative estimate of drug-likeness (QED) is 0.446. The molecule has 33 heavy (non-hydrogen) atoms. The Morgan fingerprint density at radius 1 is 1.00 bits per heavy atom. The molecular weight excluding hydrogens is 412 g/mol. The Labute approximate surface area is 192 Å². The van der Waals surface area contributed by atoms with Gasteiger partial charge >= 0.3 is 0 Å². The number of aromatic nitrogens is 5. The minimum Gasteiger partial charge on any atom is -0.305 e. The third-order valence-corrected chi connectivity index (χ3v) is 6.91. The molecule has 3 aromatic heterocycles. The number of pyridine rings is 1. The highest BCUT2D eigenvalue weighted by Gasteiger charge is 2.29. The highest BCUT2D eigenvalue weighted by atomic mass is 16.1. The molecule has 0 radical (unpaired) electrons. The highest BCUT2D eigenvalue weighted by molar-refractivity contribution is 6.12. The summed E-state index contributed by atoms with van der Waals surface area (Å²) >= 11 is 0. The van der Waals surface area contributed by atoms with Crippen molar-refractivity contribution in [3.63, 3.8) is 0 Å². The summed E-state index contributed by atoms with van der Waals surface area (Å²) in [6.07, 6.45) is 7.03. The molecule has 2 saturated carbocycles. The maximum atomic E-state index is 13.5. The molecule has 7 nitrogen and oxygen atoms in total. The zero-order chi connectivity index (χ0) is 22.5. The van der Waals surface area contributed by atoms with Gasteiger partial charge in [-0.1, -0.05) is 31.0 Å². The van der Waals surface area contributed by atoms with Crippen LogP contribution in [0.4, 0.5) is 5.82 Å². The third-order valence-electron chi connectivity index (χ3n) is 6.91. The lowest BCUT2D eigenvalue weighted by Gasteiger charge is -2.11. The van der Waals surface area contributed by atoms with Crippen LogP contribution in [-0.4, -0.2) is 30.5 Å². The molecular formula is C26H28N6O. The van der Waals surface area contributed by atoms with E-state index in [2.05, 4.69) is 16.9 Å². The molecule has 4 aromatic rings. The first-order chi connectivity index (χ1) is 16.1. The van der Waals surface area contributed by atoms with Crippen molar-refractivity contribution < 1.29 is 4.79 Å². The van der Waals surface area contributed by atoms with Crippen LogP contribution in [0.3, 0.4) is 0 Å². The summed E-state index contributed by atoms with van der Waals surface area (Å²) in [4.78, 5) is 18.5. The number of nitrogens with one attached hydrogen (secondary N) is 1. The summed E-state index contributed by atoms with van der Waals surface area (Å²) in [5.74, 6) is 0.871. The molecule has 1 aromatic carbocycles. The topological polar surface area (TPSA) is 77.6 Å². The number of para-hydroxylation sites is 1. The van der Waals surface area contributed by atoms with E-state index >= 15 is 0 Å². The van der Waals surface area contributed by atoms with Crippen molar-refractivity contribution in [1.82, 2.24) is 24.5 Å². The van der Waals surface area contributed by atoms with Gasteiger partial charge in [0.25, 0.3) is 5.91 Å². The first-order valence-corrected chi connectivity index (χ1v) is 11.9. The molecule has 2 aliphatic carbocycles. The third kappa shape index (κ3) is 3.61. The Balaban J connectivity index is 1.41. The summed E-state index contributed by atoms with van der Waals surface area (Å²) in [7, 11) is 0. The van der Waals surface area contributed by atoms with Gasteiger partial charge in [-0.2, -0.15) is 10.2 Å². The van der Waals surface area contributed by atoms with Gasteiger partial charge in [-0.05, 0) is 57.7 Å². The molecule has 168 valence electrons. The second-order valence-corrected chi connectivity index (χ2v) is 9.41. The molecule has 2 fully saturated rings. The number of carbonyl (C=O) groups excluding carboxylic acids is 1. The fraction of sp³-hybridized carbons (Fsp3) is 0.385. The first-order valence-electron chi connectivity index (χ1n) is 11.9. The van der Waals surface area contributed by atoms with Crippen molar-refractivity contribution in [2.24, 2.45) is 0 Å². The molecule has 7 heteroatoms. The minimum atomic E-state index is -0.156. The van der Waals surface area contributed by atoms with E-state index in [4.69, 9.17) is 15.2 Å². The number of benzene rings is 1. The summed E-state index contributed by atoms with van der Waals surface area (Å²) in [6, 6.07) is 14.3. The van der Waals surface area contributed by atoms with Crippen molar-refractivity contribution in [1.29, 1.82) is 0 Å². The first kappa shape index (κ1) is 20.1. The Bertz CT molecular complexity index is 1340. The van der Waals surface area contributed by atoms with Gasteiger partial charge < -0.3 is 5.32 Å². The van der Waals surface area contributed by atoms with E-state index in [1.54, 1.807) is 0 Å². The van der Waals surface area contributed by atoms with Crippen LogP contribution in [0, 0.1) is 13.8 Å². The van der Waals surface area contributed by atoms with Crippen LogP contribution in [-0.2, 0) is 0 Å². The monoisotopic (exact) mass is 440 g/mol. The Morgan fingerprint density at radius 3 is 2.48 bits per heavy atom. The Kier molecular flexibility index (Phi) is 4.78. The average molecular weight is 441 g/mol. The van der Waals surface area contributed by atoms with E-state index in [0.717, 1.165) is 59.5 Å². The maximum absolute atomic E-state index is 13.5. The molecule has 0 spiro atoms. The number of aryl methyl sites for hydroxylation is 2. The molecule has 2 aliphatic rings. The van der Waals surface area contributed by atoms with Crippen molar-refractivity contribution in [2.45, 2.75) is 64.3 Å². The standard InChI is InChI=1S/C26H28N6O/c1-16-14-23(30-31(16)19-10-6-7-11-19)28-26(33)21-15-22(18-12-13-18)27-25-24(21)17(2)29-32(25)20-8-4-3-5-9-20/h3-5,8-9,14-15,18-19H,6-7,10-13H2,1-2H3,(H,28,30,33). The van der Waals surface area contributed by atoms with E-state index < -0.39 is 0 Å². The molecule has 0 aliphatic heterocycles. The van der Waals surface area contributed by atoms with Crippen molar-refractivity contribution in [2.75, 3.05) is 5.32 Å². The zero-order valence-corrected chi connectivity index (χ0v) is 19.1. The molecule has 0 atom stereocenters. The van der Waals surface area contributed by atoms with Gasteiger partial charge in [0.15, 0.2) is 11.5 Å². The van der Waals surface area contributed by atoms with E-state index in [9.17, 15) is 4.79 Å². The fourth-order valence-corrected chi connectivity index (χ4v) is 5.08. The lowest BCUT2D eigenvalue weighted by atomic mass is 10.1. The van der Waals surface area contributed by atoms with Crippen LogP contribution in [0.25, 0.3) is 16.7 Å². The number of fused-ring (bicyclic) bond motifs is 1. The van der Waals surface area contributed by atoms with Gasteiger partial charge in [0.1, 0.15) is 0 Å². The second kappa shape index (κ2) is 7.83. The predicted octanol–water partition coefficient (Wildman–Crippen LogP) is 5.48. The van der Waals surface area contributed by atoms with E-state index in [-0.39, 0.29) is 5.91 Å². The molecule has 1 amide bonds. The molecule has 0 unspecified atom stereocenters. The summed E-state index contributed by atoms with van der Waals surface area (Å²) in [5.41, 5.74) is 5.15. The summed E-state index contributed by atoms with van der Waals surface area (Å²) < 4.78 is 3.94. The fourth-order valence-electron chi connectivity index (χ4n) is 5.08. The van der Waals surface area contributed by atoms with Gasteiger partial charge in [0.05, 0.1) is 28.4 Å². The second-order valence-electron chi connectivity index (χ2n) is 9.41. The van der Waals surface area contributed by atoms with Crippen molar-refractivity contribution >= 4 is 22.8 Å². The van der Waals surface area contributed by atoms with Gasteiger partial charge in [-0.25, -0.2) is 9.67 Å². The van der Waals surface area contributed by atoms with E-state index in [1.807, 2.05) is 54.1 Å². The SMILES string of the molecule is Cc1nn(-c2ccccc2)c2nc(C3CC3)cc(C(=O)Nc3cc(C)n(C4CCCC4)n3)c12. The van der Waals surface area contributed by atoms with Crippen LogP contribution in [0.1, 0.15) is 77.9 Å².